The predicted octanol–water partition coefficient (Wildman–Crippen LogP) is 7.01. The van der Waals surface area contributed by atoms with Crippen molar-refractivity contribution in [2.75, 3.05) is 71.9 Å². The quantitative estimate of drug-likeness (QED) is 0.0703. The Bertz CT molecular complexity index is 2580. The van der Waals surface area contributed by atoms with Gasteiger partial charge < -0.3 is 39.6 Å². The van der Waals surface area contributed by atoms with Crippen LogP contribution in [-0.4, -0.2) is 118 Å². The second-order valence-corrected chi connectivity index (χ2v) is 19.2. The molecule has 2 amide bonds. The Morgan fingerprint density at radius 1 is 1.03 bits per heavy atom. The summed E-state index contributed by atoms with van der Waals surface area (Å²) in [6, 6.07) is 19.4. The molecule has 0 spiro atoms. The highest BCUT2D eigenvalue weighted by Crippen LogP contribution is 2.43. The number of imidazole rings is 1. The summed E-state index contributed by atoms with van der Waals surface area (Å²) in [5.41, 5.74) is 6.03. The number of benzene rings is 3. The van der Waals surface area contributed by atoms with Crippen LogP contribution in [0, 0.1) is 5.41 Å². The van der Waals surface area contributed by atoms with Crippen molar-refractivity contribution in [2.45, 2.75) is 44.1 Å². The number of rotatable bonds is 17. The number of likely N-dealkylation sites (N-methyl/N-ethyl adjacent to an activating group) is 1. The molecule has 3 heterocycles. The van der Waals surface area contributed by atoms with Crippen LogP contribution in [-0.2, 0) is 19.6 Å². The van der Waals surface area contributed by atoms with Gasteiger partial charge in [0.15, 0.2) is 5.75 Å². The molecule has 0 bridgehead atoms. The number of H-pyrrole nitrogens is 1. The molecule has 2 aromatic heterocycles. The number of ether oxygens (including phenoxy) is 3. The summed E-state index contributed by atoms with van der Waals surface area (Å²) in [4.78, 5) is 41.0. The number of carbonyl (C=O) groups is 2. The molecule has 0 radical (unpaired) electrons. The van der Waals surface area contributed by atoms with Gasteiger partial charge in [-0.2, -0.15) is 0 Å². The third kappa shape index (κ3) is 11.9. The maximum absolute atomic E-state index is 13.8. The first kappa shape index (κ1) is 45.8. The number of amides is 2. The van der Waals surface area contributed by atoms with E-state index in [1.807, 2.05) is 32.3 Å². The van der Waals surface area contributed by atoms with Crippen molar-refractivity contribution in [1.82, 2.24) is 34.8 Å². The van der Waals surface area contributed by atoms with Crippen LogP contribution in [0.1, 0.15) is 49.0 Å². The third-order valence-corrected chi connectivity index (χ3v) is 12.7. The Labute approximate surface area is 377 Å². The standard InChI is InChI=1S/C45H52Cl2N8O7S/c1-45(2)15-14-30(36(22-45)29-8-10-31(46)11-9-29)23-48-16-17-49-32-12-13-35(40(20-32)62-39-7-5-6-38-42(39)52-28-51-38)43(57)53-63(58,59)34-21-37(47)44(50-24-34)61-27-33-25-55(18-19-60-33)41(56)26-54(3)4/h5-13,20-21,24,28,33,48-49H,14-19,22-23,25-27H2,1-4H3,(H,51,52)(H,53,57)/t33-/m0/s1. The van der Waals surface area contributed by atoms with E-state index in [1.165, 1.54) is 29.1 Å². The lowest BCUT2D eigenvalue weighted by Crippen LogP contribution is -2.49. The number of fused-ring (bicyclic) bond motifs is 1. The van der Waals surface area contributed by atoms with Crippen LogP contribution in [0.2, 0.25) is 10.0 Å². The Hall–Kier alpha value is -5.23. The highest BCUT2D eigenvalue weighted by Gasteiger charge is 2.29. The molecule has 0 unspecified atom stereocenters. The highest BCUT2D eigenvalue weighted by molar-refractivity contribution is 7.90. The Morgan fingerprint density at radius 2 is 1.84 bits per heavy atom. The van der Waals surface area contributed by atoms with E-state index in [9.17, 15) is 18.0 Å². The van der Waals surface area contributed by atoms with E-state index in [0.717, 1.165) is 43.6 Å². The van der Waals surface area contributed by atoms with Crippen LogP contribution in [0.3, 0.4) is 0 Å². The zero-order valence-electron chi connectivity index (χ0n) is 35.7. The van der Waals surface area contributed by atoms with Gasteiger partial charge in [0, 0.05) is 43.0 Å². The minimum atomic E-state index is -4.48. The van der Waals surface area contributed by atoms with Gasteiger partial charge in [0.1, 0.15) is 33.9 Å². The number of aromatic nitrogens is 3. The second kappa shape index (κ2) is 20.1. The molecule has 1 aliphatic carbocycles. The first-order valence-electron chi connectivity index (χ1n) is 20.7. The first-order valence-corrected chi connectivity index (χ1v) is 22.9. The van der Waals surface area contributed by atoms with E-state index < -0.39 is 22.0 Å². The lowest BCUT2D eigenvalue weighted by atomic mass is 9.72. The van der Waals surface area contributed by atoms with Gasteiger partial charge in [-0.1, -0.05) is 60.8 Å². The van der Waals surface area contributed by atoms with Gasteiger partial charge in [0.2, 0.25) is 11.8 Å². The SMILES string of the molecule is CN(C)CC(=O)N1CCO[C@H](COc2ncc(S(=O)(=O)NC(=O)c3ccc(NCCNCC4=C(c5ccc(Cl)cc5)CC(C)(C)CC4)cc3Oc3cccc4[nH]cnc34)cc2Cl)C1. The van der Waals surface area contributed by atoms with Crippen molar-refractivity contribution in [3.05, 3.63) is 106 Å². The fourth-order valence-corrected chi connectivity index (χ4v) is 8.90. The van der Waals surface area contributed by atoms with Crippen molar-refractivity contribution in [3.8, 4) is 17.4 Å². The second-order valence-electron chi connectivity index (χ2n) is 16.7. The number of nitrogens with zero attached hydrogens (tertiary/aromatic N) is 4. The largest absolute Gasteiger partial charge is 0.474 e. The highest BCUT2D eigenvalue weighted by atomic mass is 35.5. The third-order valence-electron chi connectivity index (χ3n) is 10.9. The number of allylic oxidation sites excluding steroid dienone is 1. The summed E-state index contributed by atoms with van der Waals surface area (Å²) in [6.45, 7) is 8.01. The van der Waals surface area contributed by atoms with Gasteiger partial charge in [-0.05, 0) is 92.4 Å². The van der Waals surface area contributed by atoms with E-state index in [1.54, 1.807) is 34.1 Å². The van der Waals surface area contributed by atoms with Crippen LogP contribution in [0.5, 0.6) is 17.4 Å². The average Bonchev–Trinajstić information content (AvgIpc) is 3.74. The molecule has 1 saturated heterocycles. The first-order chi connectivity index (χ1) is 30.1. The molecule has 7 rings (SSSR count). The topological polar surface area (TPSA) is 180 Å². The van der Waals surface area contributed by atoms with Gasteiger partial charge in [0.25, 0.3) is 15.9 Å². The molecule has 2 aliphatic rings. The number of hydrogen-bond donors (Lipinski definition) is 4. The fourth-order valence-electron chi connectivity index (χ4n) is 7.55. The predicted molar refractivity (Wildman–Crippen MR) is 244 cm³/mol. The van der Waals surface area contributed by atoms with Crippen LogP contribution in [0.25, 0.3) is 16.6 Å². The summed E-state index contributed by atoms with van der Waals surface area (Å²) in [5, 5.41) is 7.60. The van der Waals surface area contributed by atoms with Crippen molar-refractivity contribution < 1.29 is 32.2 Å². The van der Waals surface area contributed by atoms with E-state index in [0.29, 0.717) is 54.8 Å². The van der Waals surface area contributed by atoms with E-state index in [2.05, 4.69) is 56.3 Å². The zero-order chi connectivity index (χ0) is 44.7. The minimum Gasteiger partial charge on any atom is -0.474 e. The number of halogens is 2. The average molecular weight is 920 g/mol. The molecular formula is C45H52Cl2N8O7S. The molecule has 3 aromatic carbocycles. The summed E-state index contributed by atoms with van der Waals surface area (Å²) in [7, 11) is -0.830. The van der Waals surface area contributed by atoms with Crippen molar-refractivity contribution >= 4 is 67.3 Å². The van der Waals surface area contributed by atoms with Gasteiger partial charge in [0.05, 0.1) is 43.3 Å². The Morgan fingerprint density at radius 3 is 2.62 bits per heavy atom. The molecule has 1 atom stereocenters. The van der Waals surface area contributed by atoms with Gasteiger partial charge in [-0.15, -0.1) is 0 Å². The molecule has 15 nitrogen and oxygen atoms in total. The number of nitrogens with one attached hydrogen (secondary N) is 4. The Kier molecular flexibility index (Phi) is 14.6. The zero-order valence-corrected chi connectivity index (χ0v) is 38.0. The van der Waals surface area contributed by atoms with Crippen LogP contribution in [0.15, 0.2) is 89.7 Å². The van der Waals surface area contributed by atoms with Crippen LogP contribution < -0.4 is 24.8 Å². The number of pyridine rings is 1. The molecule has 1 fully saturated rings. The van der Waals surface area contributed by atoms with Crippen molar-refractivity contribution in [3.63, 3.8) is 0 Å². The van der Waals surface area contributed by atoms with Gasteiger partial charge in [-0.25, -0.2) is 23.1 Å². The smallest absolute Gasteiger partial charge is 0.268 e. The summed E-state index contributed by atoms with van der Waals surface area (Å²) >= 11 is 12.6. The molecule has 18 heteroatoms. The van der Waals surface area contributed by atoms with E-state index >= 15 is 0 Å². The lowest BCUT2D eigenvalue weighted by Gasteiger charge is -2.34. The Balaban J connectivity index is 1.01. The van der Waals surface area contributed by atoms with Crippen LogP contribution >= 0.6 is 23.2 Å². The van der Waals surface area contributed by atoms with Crippen LogP contribution in [0.4, 0.5) is 5.69 Å². The summed E-state index contributed by atoms with van der Waals surface area (Å²) < 4.78 is 47.1. The maximum atomic E-state index is 13.8. The molecular weight excluding hydrogens is 868 g/mol. The van der Waals surface area contributed by atoms with E-state index in [-0.39, 0.29) is 51.6 Å². The number of para-hydroxylation sites is 1. The fraction of sp³-hybridized carbons (Fsp3) is 0.378. The van der Waals surface area contributed by atoms with Gasteiger partial charge >= 0.3 is 0 Å². The van der Waals surface area contributed by atoms with Gasteiger partial charge in [-0.3, -0.25) is 9.59 Å². The number of aromatic amines is 1. The normalized spacial score (nSPS) is 16.6. The minimum absolute atomic E-state index is 0.0246. The molecule has 1 aliphatic heterocycles. The lowest BCUT2D eigenvalue weighted by molar-refractivity contribution is -0.140. The number of hydrogen-bond acceptors (Lipinski definition) is 12. The number of carbonyl (C=O) groups excluding carboxylic acids is 2. The molecule has 5 aromatic rings. The monoisotopic (exact) mass is 918 g/mol. The number of sulfonamides is 1. The van der Waals surface area contributed by atoms with Crippen molar-refractivity contribution in [1.29, 1.82) is 0 Å². The number of morpholine rings is 1. The molecule has 63 heavy (non-hydrogen) atoms. The van der Waals surface area contributed by atoms with Crippen molar-refractivity contribution in [2.24, 2.45) is 5.41 Å². The summed E-state index contributed by atoms with van der Waals surface area (Å²) in [5.74, 6) is -0.523. The number of anilines is 1. The molecule has 4 N–H and O–H groups in total. The summed E-state index contributed by atoms with van der Waals surface area (Å²) in [6.07, 6.45) is 5.26. The molecule has 334 valence electrons. The maximum Gasteiger partial charge on any atom is 0.268 e. The molecule has 0 saturated carbocycles. The van der Waals surface area contributed by atoms with E-state index in [4.69, 9.17) is 37.4 Å².